The molecule has 2 atom stereocenters. The van der Waals surface area contributed by atoms with Gasteiger partial charge in [-0.05, 0) is 36.0 Å². The summed E-state index contributed by atoms with van der Waals surface area (Å²) in [6.07, 6.45) is 11.8. The summed E-state index contributed by atoms with van der Waals surface area (Å²) in [5.74, 6) is -0.102. The van der Waals surface area contributed by atoms with Gasteiger partial charge in [0.1, 0.15) is 12.1 Å². The van der Waals surface area contributed by atoms with Crippen molar-refractivity contribution in [1.82, 2.24) is 0 Å². The molecular weight excluding hydrogens is 362 g/mol. The minimum Gasteiger partial charge on any atom is -0.458 e. The van der Waals surface area contributed by atoms with Crippen LogP contribution in [0.3, 0.4) is 0 Å². The molecule has 1 aromatic rings. The van der Waals surface area contributed by atoms with E-state index in [0.29, 0.717) is 6.42 Å². The molecule has 4 nitrogen and oxygen atoms in total. The lowest BCUT2D eigenvalue weighted by Gasteiger charge is -2.36. The molecule has 2 rings (SSSR count). The molecule has 0 aliphatic carbocycles. The Balaban J connectivity index is 2.02. The SMILES string of the molecule is CCCCCCCCCCc1ccc2c(c1)N(C)[C@@H](C(C)C)C(=O)O[C@@H](CO)C2. The Hall–Kier alpha value is -1.55. The smallest absolute Gasteiger partial charge is 0.329 e. The molecule has 0 radical (unpaired) electrons. The van der Waals surface area contributed by atoms with Gasteiger partial charge in [-0.3, -0.25) is 0 Å². The van der Waals surface area contributed by atoms with Crippen LogP contribution in [0.1, 0.15) is 83.3 Å². The van der Waals surface area contributed by atoms with Gasteiger partial charge in [-0.15, -0.1) is 0 Å². The quantitative estimate of drug-likeness (QED) is 0.403. The maximum absolute atomic E-state index is 12.6. The number of rotatable bonds is 11. The van der Waals surface area contributed by atoms with Crippen LogP contribution >= 0.6 is 0 Å². The van der Waals surface area contributed by atoms with Gasteiger partial charge in [0.15, 0.2) is 0 Å². The largest absolute Gasteiger partial charge is 0.458 e. The number of fused-ring (bicyclic) bond motifs is 1. The van der Waals surface area contributed by atoms with Crippen molar-refractivity contribution in [3.05, 3.63) is 29.3 Å². The van der Waals surface area contributed by atoms with E-state index in [0.717, 1.165) is 17.7 Å². The number of nitrogens with zero attached hydrogens (tertiary/aromatic N) is 1. The topological polar surface area (TPSA) is 49.8 Å². The molecule has 0 bridgehead atoms. The number of hydrogen-bond donors (Lipinski definition) is 1. The highest BCUT2D eigenvalue weighted by atomic mass is 16.6. The molecule has 4 heteroatoms. The first kappa shape index (κ1) is 23.7. The number of hydrogen-bond acceptors (Lipinski definition) is 4. The second-order valence-electron chi connectivity index (χ2n) is 8.93. The molecule has 0 fully saturated rings. The zero-order valence-corrected chi connectivity index (χ0v) is 19.0. The monoisotopic (exact) mass is 403 g/mol. The first-order chi connectivity index (χ1) is 14.0. The molecule has 1 aliphatic rings. The Morgan fingerprint density at radius 1 is 1.10 bits per heavy atom. The Labute approximate surface area is 177 Å². The normalized spacial score (nSPS) is 19.7. The maximum Gasteiger partial charge on any atom is 0.329 e. The minimum absolute atomic E-state index is 0.133. The predicted octanol–water partition coefficient (Wildman–Crippen LogP) is 5.29. The van der Waals surface area contributed by atoms with Crippen LogP contribution in [-0.4, -0.2) is 36.9 Å². The van der Waals surface area contributed by atoms with Crippen molar-refractivity contribution < 1.29 is 14.6 Å². The second kappa shape index (κ2) is 12.2. The Bertz CT molecular complexity index is 628. The van der Waals surface area contributed by atoms with Gasteiger partial charge in [-0.2, -0.15) is 0 Å². The molecular formula is C25H41NO3. The molecule has 1 aliphatic heterocycles. The zero-order chi connectivity index (χ0) is 21.2. The average molecular weight is 404 g/mol. The summed E-state index contributed by atoms with van der Waals surface area (Å²) in [7, 11) is 1.99. The fourth-order valence-corrected chi connectivity index (χ4v) is 4.38. The molecule has 0 spiro atoms. The summed E-state index contributed by atoms with van der Waals surface area (Å²) in [5.41, 5.74) is 3.58. The molecule has 0 saturated heterocycles. The molecule has 164 valence electrons. The summed E-state index contributed by atoms with van der Waals surface area (Å²) in [4.78, 5) is 14.7. The third kappa shape index (κ3) is 7.02. The van der Waals surface area contributed by atoms with Crippen molar-refractivity contribution in [3.63, 3.8) is 0 Å². The molecule has 1 N–H and O–H groups in total. The zero-order valence-electron chi connectivity index (χ0n) is 19.0. The van der Waals surface area contributed by atoms with Crippen LogP contribution in [0.2, 0.25) is 0 Å². The number of carbonyl (C=O) groups is 1. The first-order valence-corrected chi connectivity index (χ1v) is 11.6. The van der Waals surface area contributed by atoms with Crippen LogP contribution in [0.4, 0.5) is 5.69 Å². The van der Waals surface area contributed by atoms with E-state index in [1.807, 2.05) is 20.9 Å². The van der Waals surface area contributed by atoms with Crippen molar-refractivity contribution in [1.29, 1.82) is 0 Å². The van der Waals surface area contributed by atoms with Gasteiger partial charge in [-0.1, -0.05) is 77.8 Å². The van der Waals surface area contributed by atoms with E-state index in [-0.39, 0.29) is 24.5 Å². The number of cyclic esters (lactones) is 1. The highest BCUT2D eigenvalue weighted by Crippen LogP contribution is 2.30. The highest BCUT2D eigenvalue weighted by Gasteiger charge is 2.33. The molecule has 1 aromatic carbocycles. The van der Waals surface area contributed by atoms with Gasteiger partial charge in [0.2, 0.25) is 0 Å². The standard InChI is InChI=1S/C25H41NO3/c1-5-6-7-8-9-10-11-12-13-20-14-15-21-17-22(18-27)29-25(28)24(19(2)3)26(4)23(21)16-20/h14-16,19,22,24,27H,5-13,17-18H2,1-4H3/t22-,24+/m1/s1. The summed E-state index contributed by atoms with van der Waals surface area (Å²) in [6.45, 7) is 6.21. The summed E-state index contributed by atoms with van der Waals surface area (Å²) < 4.78 is 5.57. The lowest BCUT2D eigenvalue weighted by atomic mass is 9.95. The van der Waals surface area contributed by atoms with E-state index < -0.39 is 6.10 Å². The number of esters is 1. The van der Waals surface area contributed by atoms with Crippen LogP contribution in [0.5, 0.6) is 0 Å². The van der Waals surface area contributed by atoms with Crippen LogP contribution in [0.15, 0.2) is 18.2 Å². The van der Waals surface area contributed by atoms with Crippen molar-refractivity contribution in [2.45, 2.75) is 97.1 Å². The maximum atomic E-state index is 12.6. The number of anilines is 1. The lowest BCUT2D eigenvalue weighted by molar-refractivity contribution is -0.154. The average Bonchev–Trinajstić information content (AvgIpc) is 2.69. The summed E-state index contributed by atoms with van der Waals surface area (Å²) in [5, 5.41) is 9.64. The fraction of sp³-hybridized carbons (Fsp3) is 0.720. The van der Waals surface area contributed by atoms with E-state index in [2.05, 4.69) is 30.0 Å². The molecule has 0 amide bonds. The Morgan fingerprint density at radius 3 is 2.38 bits per heavy atom. The number of benzene rings is 1. The van der Waals surface area contributed by atoms with Crippen LogP contribution in [0.25, 0.3) is 0 Å². The number of aliphatic hydroxyl groups is 1. The van der Waals surface area contributed by atoms with Crippen molar-refractivity contribution in [2.75, 3.05) is 18.6 Å². The van der Waals surface area contributed by atoms with Gasteiger partial charge < -0.3 is 14.7 Å². The number of aryl methyl sites for hydroxylation is 1. The van der Waals surface area contributed by atoms with Gasteiger partial charge >= 0.3 is 5.97 Å². The number of unbranched alkanes of at least 4 members (excludes halogenated alkanes) is 7. The predicted molar refractivity (Wildman–Crippen MR) is 120 cm³/mol. The third-order valence-electron chi connectivity index (χ3n) is 6.07. The Morgan fingerprint density at radius 2 is 1.76 bits per heavy atom. The van der Waals surface area contributed by atoms with E-state index >= 15 is 0 Å². The van der Waals surface area contributed by atoms with Crippen LogP contribution in [0, 0.1) is 5.92 Å². The van der Waals surface area contributed by atoms with Crippen molar-refractivity contribution >= 4 is 11.7 Å². The molecule has 0 unspecified atom stereocenters. The van der Waals surface area contributed by atoms with Gasteiger partial charge in [-0.25, -0.2) is 4.79 Å². The highest BCUT2D eigenvalue weighted by molar-refractivity contribution is 5.81. The van der Waals surface area contributed by atoms with E-state index in [1.54, 1.807) is 0 Å². The van der Waals surface area contributed by atoms with E-state index in [4.69, 9.17) is 4.74 Å². The number of likely N-dealkylation sites (N-methyl/N-ethyl adjacent to an activating group) is 1. The lowest BCUT2D eigenvalue weighted by Crippen LogP contribution is -2.47. The second-order valence-corrected chi connectivity index (χ2v) is 8.93. The van der Waals surface area contributed by atoms with Crippen molar-refractivity contribution in [2.24, 2.45) is 5.92 Å². The molecule has 0 aromatic heterocycles. The van der Waals surface area contributed by atoms with Gasteiger partial charge in [0, 0.05) is 19.2 Å². The number of ether oxygens (including phenoxy) is 1. The fourth-order valence-electron chi connectivity index (χ4n) is 4.38. The van der Waals surface area contributed by atoms with E-state index in [9.17, 15) is 9.90 Å². The molecule has 29 heavy (non-hydrogen) atoms. The van der Waals surface area contributed by atoms with Crippen LogP contribution < -0.4 is 4.90 Å². The minimum atomic E-state index is -0.463. The summed E-state index contributed by atoms with van der Waals surface area (Å²) in [6, 6.07) is 6.28. The molecule has 0 saturated carbocycles. The number of carbonyl (C=O) groups excluding carboxylic acids is 1. The van der Waals surface area contributed by atoms with Gasteiger partial charge in [0.25, 0.3) is 0 Å². The third-order valence-corrected chi connectivity index (χ3v) is 6.07. The first-order valence-electron chi connectivity index (χ1n) is 11.6. The van der Waals surface area contributed by atoms with E-state index in [1.165, 1.54) is 56.9 Å². The number of aliphatic hydroxyl groups excluding tert-OH is 1. The summed E-state index contributed by atoms with van der Waals surface area (Å²) >= 11 is 0. The van der Waals surface area contributed by atoms with Crippen molar-refractivity contribution in [3.8, 4) is 0 Å². The molecule has 1 heterocycles. The van der Waals surface area contributed by atoms with Crippen LogP contribution in [-0.2, 0) is 22.4 Å². The Kier molecular flexibility index (Phi) is 9.99. The van der Waals surface area contributed by atoms with Gasteiger partial charge in [0.05, 0.1) is 6.61 Å².